The maximum Gasteiger partial charge on any atom is 0.0307 e. The summed E-state index contributed by atoms with van der Waals surface area (Å²) in [4.78, 5) is 2.59. The standard InChI is InChI=1S/C19H34N2/c1-5-7-10-21(11-8-6-2)12-9-19(20)18-14-16(3)13-17(4)15-18/h13-15,19H,5-12,20H2,1-4H3. The molecule has 1 unspecified atom stereocenters. The number of rotatable bonds is 10. The van der Waals surface area contributed by atoms with Crippen molar-refractivity contribution in [3.63, 3.8) is 0 Å². The van der Waals surface area contributed by atoms with Crippen molar-refractivity contribution in [3.8, 4) is 0 Å². The average molecular weight is 290 g/mol. The van der Waals surface area contributed by atoms with Crippen LogP contribution in [0.1, 0.15) is 68.7 Å². The summed E-state index contributed by atoms with van der Waals surface area (Å²) < 4.78 is 0. The van der Waals surface area contributed by atoms with E-state index in [4.69, 9.17) is 5.73 Å². The summed E-state index contributed by atoms with van der Waals surface area (Å²) in [7, 11) is 0. The minimum atomic E-state index is 0.161. The van der Waals surface area contributed by atoms with Gasteiger partial charge < -0.3 is 10.6 Å². The third-order valence-corrected chi connectivity index (χ3v) is 4.08. The van der Waals surface area contributed by atoms with Gasteiger partial charge in [-0.05, 0) is 58.3 Å². The molecule has 0 heterocycles. The smallest absolute Gasteiger partial charge is 0.0307 e. The van der Waals surface area contributed by atoms with E-state index in [1.54, 1.807) is 0 Å². The summed E-state index contributed by atoms with van der Waals surface area (Å²) in [6, 6.07) is 6.85. The molecule has 0 amide bonds. The van der Waals surface area contributed by atoms with Crippen molar-refractivity contribution in [3.05, 3.63) is 34.9 Å². The summed E-state index contributed by atoms with van der Waals surface area (Å²) in [5.74, 6) is 0. The SMILES string of the molecule is CCCCN(CCCC)CCC(N)c1cc(C)cc(C)c1. The molecule has 1 rings (SSSR count). The fourth-order valence-corrected chi connectivity index (χ4v) is 2.81. The summed E-state index contributed by atoms with van der Waals surface area (Å²) >= 11 is 0. The molecular formula is C19H34N2. The van der Waals surface area contributed by atoms with E-state index >= 15 is 0 Å². The molecule has 1 aromatic carbocycles. The molecule has 0 saturated carbocycles. The number of unbranched alkanes of at least 4 members (excludes halogenated alkanes) is 2. The van der Waals surface area contributed by atoms with Gasteiger partial charge in [0.05, 0.1) is 0 Å². The van der Waals surface area contributed by atoms with E-state index < -0.39 is 0 Å². The first kappa shape index (κ1) is 18.2. The van der Waals surface area contributed by atoms with Crippen LogP contribution < -0.4 is 5.73 Å². The number of nitrogens with zero attached hydrogens (tertiary/aromatic N) is 1. The van der Waals surface area contributed by atoms with Gasteiger partial charge in [-0.3, -0.25) is 0 Å². The lowest BCUT2D eigenvalue weighted by Gasteiger charge is -2.24. The van der Waals surface area contributed by atoms with E-state index in [1.807, 2.05) is 0 Å². The Balaban J connectivity index is 2.52. The first-order chi connectivity index (χ1) is 10.1. The molecule has 0 saturated heterocycles. The number of benzene rings is 1. The maximum absolute atomic E-state index is 6.41. The van der Waals surface area contributed by atoms with Gasteiger partial charge in [-0.2, -0.15) is 0 Å². The van der Waals surface area contributed by atoms with Crippen molar-refractivity contribution in [1.82, 2.24) is 4.90 Å². The molecule has 0 fully saturated rings. The van der Waals surface area contributed by atoms with Crippen LogP contribution in [0, 0.1) is 13.8 Å². The van der Waals surface area contributed by atoms with Gasteiger partial charge in [0.1, 0.15) is 0 Å². The van der Waals surface area contributed by atoms with Gasteiger partial charge in [0.2, 0.25) is 0 Å². The second-order valence-electron chi connectivity index (χ2n) is 6.36. The number of nitrogens with two attached hydrogens (primary N) is 1. The Kier molecular flexibility index (Phi) is 8.63. The summed E-state index contributed by atoms with van der Waals surface area (Å²) in [6.07, 6.45) is 6.18. The van der Waals surface area contributed by atoms with Crippen LogP contribution in [0.4, 0.5) is 0 Å². The molecule has 0 aliphatic rings. The van der Waals surface area contributed by atoms with Crippen LogP contribution in [-0.2, 0) is 0 Å². The minimum absolute atomic E-state index is 0.161. The molecule has 1 atom stereocenters. The first-order valence-corrected chi connectivity index (χ1v) is 8.63. The molecule has 0 radical (unpaired) electrons. The highest BCUT2D eigenvalue weighted by atomic mass is 15.1. The van der Waals surface area contributed by atoms with Gasteiger partial charge in [0.25, 0.3) is 0 Å². The van der Waals surface area contributed by atoms with Crippen LogP contribution in [0.2, 0.25) is 0 Å². The van der Waals surface area contributed by atoms with E-state index in [-0.39, 0.29) is 6.04 Å². The first-order valence-electron chi connectivity index (χ1n) is 8.63. The zero-order valence-electron chi connectivity index (χ0n) is 14.5. The van der Waals surface area contributed by atoms with Crippen molar-refractivity contribution in [2.75, 3.05) is 19.6 Å². The van der Waals surface area contributed by atoms with Gasteiger partial charge in [0, 0.05) is 6.04 Å². The molecular weight excluding hydrogens is 256 g/mol. The number of hydrogen-bond acceptors (Lipinski definition) is 2. The Morgan fingerprint density at radius 3 is 1.90 bits per heavy atom. The molecule has 0 aromatic heterocycles. The van der Waals surface area contributed by atoms with Crippen LogP contribution in [0.5, 0.6) is 0 Å². The van der Waals surface area contributed by atoms with Crippen molar-refractivity contribution >= 4 is 0 Å². The highest BCUT2D eigenvalue weighted by Gasteiger charge is 2.10. The molecule has 2 nitrogen and oxygen atoms in total. The quantitative estimate of drug-likeness (QED) is 0.682. The van der Waals surface area contributed by atoms with E-state index in [9.17, 15) is 0 Å². The third kappa shape index (κ3) is 7.10. The largest absolute Gasteiger partial charge is 0.324 e. The molecule has 0 aliphatic heterocycles. The summed E-state index contributed by atoms with van der Waals surface area (Å²) in [5.41, 5.74) is 10.3. The lowest BCUT2D eigenvalue weighted by atomic mass is 9.99. The van der Waals surface area contributed by atoms with Gasteiger partial charge in [-0.1, -0.05) is 56.0 Å². The second-order valence-corrected chi connectivity index (χ2v) is 6.36. The monoisotopic (exact) mass is 290 g/mol. The summed E-state index contributed by atoms with van der Waals surface area (Å²) in [5, 5.41) is 0. The van der Waals surface area contributed by atoms with E-state index in [0.29, 0.717) is 0 Å². The Labute approximate surface area is 131 Å². The molecule has 2 N–H and O–H groups in total. The Bertz CT molecular complexity index is 372. The number of aryl methyl sites for hydroxylation is 2. The predicted octanol–water partition coefficient (Wildman–Crippen LogP) is 4.60. The van der Waals surface area contributed by atoms with E-state index in [0.717, 1.165) is 13.0 Å². The highest BCUT2D eigenvalue weighted by Crippen LogP contribution is 2.18. The van der Waals surface area contributed by atoms with E-state index in [1.165, 1.54) is 55.5 Å². The third-order valence-electron chi connectivity index (χ3n) is 4.08. The zero-order valence-corrected chi connectivity index (χ0v) is 14.5. The van der Waals surface area contributed by atoms with Crippen molar-refractivity contribution in [2.24, 2.45) is 5.73 Å². The van der Waals surface area contributed by atoms with Crippen LogP contribution in [0.15, 0.2) is 18.2 Å². The Morgan fingerprint density at radius 1 is 0.905 bits per heavy atom. The Morgan fingerprint density at radius 2 is 1.43 bits per heavy atom. The fraction of sp³-hybridized carbons (Fsp3) is 0.684. The number of hydrogen-bond donors (Lipinski definition) is 1. The molecule has 2 heteroatoms. The predicted molar refractivity (Wildman–Crippen MR) is 93.7 cm³/mol. The van der Waals surface area contributed by atoms with E-state index in [2.05, 4.69) is 50.8 Å². The average Bonchev–Trinajstić information content (AvgIpc) is 2.45. The van der Waals surface area contributed by atoms with Crippen LogP contribution >= 0.6 is 0 Å². The molecule has 0 aliphatic carbocycles. The van der Waals surface area contributed by atoms with Gasteiger partial charge >= 0.3 is 0 Å². The van der Waals surface area contributed by atoms with Crippen LogP contribution in [0.25, 0.3) is 0 Å². The molecule has 21 heavy (non-hydrogen) atoms. The second kappa shape index (κ2) is 9.97. The zero-order chi connectivity index (χ0) is 15.7. The molecule has 1 aromatic rings. The molecule has 0 bridgehead atoms. The van der Waals surface area contributed by atoms with Gasteiger partial charge in [-0.15, -0.1) is 0 Å². The topological polar surface area (TPSA) is 29.3 Å². The van der Waals surface area contributed by atoms with Crippen molar-refractivity contribution < 1.29 is 0 Å². The van der Waals surface area contributed by atoms with Crippen LogP contribution in [-0.4, -0.2) is 24.5 Å². The van der Waals surface area contributed by atoms with Crippen molar-refractivity contribution in [1.29, 1.82) is 0 Å². The van der Waals surface area contributed by atoms with Crippen molar-refractivity contribution in [2.45, 2.75) is 65.8 Å². The molecule has 120 valence electrons. The highest BCUT2D eigenvalue weighted by molar-refractivity contribution is 5.30. The Hall–Kier alpha value is -0.860. The maximum atomic E-state index is 6.41. The lowest BCUT2D eigenvalue weighted by molar-refractivity contribution is 0.255. The summed E-state index contributed by atoms with van der Waals surface area (Å²) in [6.45, 7) is 12.4. The lowest BCUT2D eigenvalue weighted by Crippen LogP contribution is -2.29. The van der Waals surface area contributed by atoms with Gasteiger partial charge in [0.15, 0.2) is 0 Å². The normalized spacial score (nSPS) is 12.9. The minimum Gasteiger partial charge on any atom is -0.324 e. The van der Waals surface area contributed by atoms with Gasteiger partial charge in [-0.25, -0.2) is 0 Å². The fourth-order valence-electron chi connectivity index (χ4n) is 2.81. The molecule has 0 spiro atoms. The van der Waals surface area contributed by atoms with Crippen LogP contribution in [0.3, 0.4) is 0 Å².